The maximum Gasteiger partial charge on any atom is 0.407 e. The van der Waals surface area contributed by atoms with Crippen molar-refractivity contribution in [3.63, 3.8) is 0 Å². The second-order valence-corrected chi connectivity index (χ2v) is 4.56. The van der Waals surface area contributed by atoms with Gasteiger partial charge in [-0.3, -0.25) is 0 Å². The zero-order valence-electron chi connectivity index (χ0n) is 9.13. The van der Waals surface area contributed by atoms with Crippen LogP contribution in [0, 0.1) is 5.92 Å². The molecule has 4 heteroatoms. The Labute approximate surface area is 90.8 Å². The number of piperidine rings is 1. The van der Waals surface area contributed by atoms with E-state index in [0.29, 0.717) is 6.61 Å². The Kier molecular flexibility index (Phi) is 3.83. The Morgan fingerprint density at radius 1 is 1.40 bits per heavy atom. The highest BCUT2D eigenvalue weighted by Gasteiger charge is 2.21. The molecule has 4 nitrogen and oxygen atoms in total. The van der Waals surface area contributed by atoms with Gasteiger partial charge in [-0.1, -0.05) is 12.8 Å². The molecule has 0 spiro atoms. The SMILES string of the molecule is O=C(NC1CCCNC1)OCCC1CC1. The molecule has 1 saturated carbocycles. The van der Waals surface area contributed by atoms with Crippen LogP contribution in [-0.4, -0.2) is 31.8 Å². The van der Waals surface area contributed by atoms with Crippen LogP contribution in [-0.2, 0) is 4.74 Å². The van der Waals surface area contributed by atoms with Gasteiger partial charge in [0.05, 0.1) is 6.61 Å². The van der Waals surface area contributed by atoms with Gasteiger partial charge in [0.15, 0.2) is 0 Å². The van der Waals surface area contributed by atoms with E-state index < -0.39 is 0 Å². The minimum atomic E-state index is -0.246. The van der Waals surface area contributed by atoms with Gasteiger partial charge in [0, 0.05) is 12.6 Å². The minimum absolute atomic E-state index is 0.246. The number of nitrogens with one attached hydrogen (secondary N) is 2. The smallest absolute Gasteiger partial charge is 0.407 e. The predicted molar refractivity (Wildman–Crippen MR) is 57.7 cm³/mol. The van der Waals surface area contributed by atoms with E-state index in [9.17, 15) is 4.79 Å². The molecule has 2 rings (SSSR count). The average molecular weight is 212 g/mol. The molecule has 1 aliphatic carbocycles. The molecule has 1 aliphatic heterocycles. The molecule has 0 aromatic rings. The normalized spacial score (nSPS) is 26.0. The van der Waals surface area contributed by atoms with Crippen molar-refractivity contribution in [2.75, 3.05) is 19.7 Å². The molecule has 2 aliphatic rings. The number of amides is 1. The van der Waals surface area contributed by atoms with Crippen LogP contribution >= 0.6 is 0 Å². The van der Waals surface area contributed by atoms with Crippen molar-refractivity contribution in [3.8, 4) is 0 Å². The third-order valence-corrected chi connectivity index (χ3v) is 3.08. The first kappa shape index (κ1) is 10.7. The summed E-state index contributed by atoms with van der Waals surface area (Å²) in [6, 6.07) is 0.257. The number of carbonyl (C=O) groups is 1. The lowest BCUT2D eigenvalue weighted by atomic mass is 10.1. The number of rotatable bonds is 4. The maximum absolute atomic E-state index is 11.4. The summed E-state index contributed by atoms with van der Waals surface area (Å²) in [5.74, 6) is 0.828. The van der Waals surface area contributed by atoms with Crippen molar-refractivity contribution < 1.29 is 9.53 Å². The number of hydrogen-bond acceptors (Lipinski definition) is 3. The average Bonchev–Trinajstić information content (AvgIpc) is 3.03. The highest BCUT2D eigenvalue weighted by molar-refractivity contribution is 5.67. The Bertz CT molecular complexity index is 211. The number of carbonyl (C=O) groups excluding carboxylic acids is 1. The van der Waals surface area contributed by atoms with E-state index in [2.05, 4.69) is 10.6 Å². The summed E-state index contributed by atoms with van der Waals surface area (Å²) in [7, 11) is 0. The van der Waals surface area contributed by atoms with Crippen LogP contribution in [0.1, 0.15) is 32.1 Å². The van der Waals surface area contributed by atoms with Gasteiger partial charge in [0.2, 0.25) is 0 Å². The fourth-order valence-corrected chi connectivity index (χ4v) is 1.91. The largest absolute Gasteiger partial charge is 0.450 e. The second kappa shape index (κ2) is 5.35. The van der Waals surface area contributed by atoms with Gasteiger partial charge < -0.3 is 15.4 Å². The van der Waals surface area contributed by atoms with E-state index in [1.165, 1.54) is 12.8 Å². The third-order valence-electron chi connectivity index (χ3n) is 3.08. The number of hydrogen-bond donors (Lipinski definition) is 2. The fraction of sp³-hybridized carbons (Fsp3) is 0.909. The molecule has 86 valence electrons. The van der Waals surface area contributed by atoms with E-state index in [4.69, 9.17) is 4.74 Å². The molecule has 2 N–H and O–H groups in total. The molecule has 1 unspecified atom stereocenters. The summed E-state index contributed by atoms with van der Waals surface area (Å²) in [4.78, 5) is 11.4. The molecule has 2 fully saturated rings. The van der Waals surface area contributed by atoms with E-state index >= 15 is 0 Å². The standard InChI is InChI=1S/C11H20N2O2/c14-11(15-7-5-9-3-4-9)13-10-2-1-6-12-8-10/h9-10,12H,1-8H2,(H,13,14). The Hall–Kier alpha value is -0.770. The zero-order chi connectivity index (χ0) is 10.5. The lowest BCUT2D eigenvalue weighted by Gasteiger charge is -2.23. The van der Waals surface area contributed by atoms with Gasteiger partial charge in [-0.2, -0.15) is 0 Å². The van der Waals surface area contributed by atoms with E-state index in [1.807, 2.05) is 0 Å². The van der Waals surface area contributed by atoms with Crippen molar-refractivity contribution in [2.45, 2.75) is 38.1 Å². The first-order valence-corrected chi connectivity index (χ1v) is 5.98. The van der Waals surface area contributed by atoms with E-state index in [1.54, 1.807) is 0 Å². The quantitative estimate of drug-likeness (QED) is 0.737. The minimum Gasteiger partial charge on any atom is -0.450 e. The first-order valence-electron chi connectivity index (χ1n) is 5.98. The second-order valence-electron chi connectivity index (χ2n) is 4.56. The number of ether oxygens (including phenoxy) is 1. The third kappa shape index (κ3) is 4.08. The molecule has 15 heavy (non-hydrogen) atoms. The Balaban J connectivity index is 1.54. The molecular weight excluding hydrogens is 192 g/mol. The molecule has 1 heterocycles. The van der Waals surface area contributed by atoms with Crippen LogP contribution in [0.5, 0.6) is 0 Å². The first-order chi connectivity index (χ1) is 7.34. The van der Waals surface area contributed by atoms with Crippen LogP contribution in [0.3, 0.4) is 0 Å². The van der Waals surface area contributed by atoms with Crippen LogP contribution in [0.2, 0.25) is 0 Å². The Morgan fingerprint density at radius 3 is 2.93 bits per heavy atom. The van der Waals surface area contributed by atoms with Crippen LogP contribution < -0.4 is 10.6 Å². The summed E-state index contributed by atoms with van der Waals surface area (Å²) >= 11 is 0. The fourth-order valence-electron chi connectivity index (χ4n) is 1.91. The van der Waals surface area contributed by atoms with Crippen molar-refractivity contribution in [1.29, 1.82) is 0 Å². The molecule has 1 saturated heterocycles. The van der Waals surface area contributed by atoms with Crippen molar-refractivity contribution in [2.24, 2.45) is 5.92 Å². The van der Waals surface area contributed by atoms with Crippen LogP contribution in [0.15, 0.2) is 0 Å². The van der Waals surface area contributed by atoms with Gasteiger partial charge in [0.25, 0.3) is 0 Å². The highest BCUT2D eigenvalue weighted by Crippen LogP contribution is 2.32. The Morgan fingerprint density at radius 2 is 2.27 bits per heavy atom. The summed E-state index contributed by atoms with van der Waals surface area (Å²) in [6.07, 6.45) is 5.62. The summed E-state index contributed by atoms with van der Waals surface area (Å²) in [5, 5.41) is 6.14. The van der Waals surface area contributed by atoms with Crippen molar-refractivity contribution in [1.82, 2.24) is 10.6 Å². The monoisotopic (exact) mass is 212 g/mol. The molecule has 0 radical (unpaired) electrons. The van der Waals surface area contributed by atoms with Gasteiger partial charge in [-0.15, -0.1) is 0 Å². The molecular formula is C11H20N2O2. The highest BCUT2D eigenvalue weighted by atomic mass is 16.5. The summed E-state index contributed by atoms with van der Waals surface area (Å²) in [6.45, 7) is 2.52. The van der Waals surface area contributed by atoms with Crippen molar-refractivity contribution >= 4 is 6.09 Å². The molecule has 1 amide bonds. The maximum atomic E-state index is 11.4. The van der Waals surface area contributed by atoms with Crippen molar-refractivity contribution in [3.05, 3.63) is 0 Å². The lowest BCUT2D eigenvalue weighted by molar-refractivity contribution is 0.137. The number of alkyl carbamates (subject to hydrolysis) is 1. The topological polar surface area (TPSA) is 50.4 Å². The van der Waals surface area contributed by atoms with Gasteiger partial charge in [0.1, 0.15) is 0 Å². The molecule has 0 aromatic carbocycles. The molecule has 1 atom stereocenters. The van der Waals surface area contributed by atoms with Crippen LogP contribution in [0.4, 0.5) is 4.79 Å². The predicted octanol–water partition coefficient (Wildman–Crippen LogP) is 1.26. The van der Waals surface area contributed by atoms with Gasteiger partial charge in [-0.25, -0.2) is 4.79 Å². The van der Waals surface area contributed by atoms with Crippen LogP contribution in [0.25, 0.3) is 0 Å². The molecule has 0 bridgehead atoms. The zero-order valence-corrected chi connectivity index (χ0v) is 9.13. The summed E-state index contributed by atoms with van der Waals surface area (Å²) in [5.41, 5.74) is 0. The van der Waals surface area contributed by atoms with E-state index in [-0.39, 0.29) is 12.1 Å². The van der Waals surface area contributed by atoms with Gasteiger partial charge >= 0.3 is 6.09 Å². The summed E-state index contributed by atoms with van der Waals surface area (Å²) < 4.78 is 5.12. The lowest BCUT2D eigenvalue weighted by Crippen LogP contribution is -2.45. The molecule has 0 aromatic heterocycles. The van der Waals surface area contributed by atoms with E-state index in [0.717, 1.165) is 38.3 Å². The van der Waals surface area contributed by atoms with Gasteiger partial charge in [-0.05, 0) is 31.7 Å².